The van der Waals surface area contributed by atoms with Crippen LogP contribution in [0.25, 0.3) is 0 Å². The van der Waals surface area contributed by atoms with E-state index in [4.69, 9.17) is 4.74 Å². The van der Waals surface area contributed by atoms with Gasteiger partial charge in [0.1, 0.15) is 11.6 Å². The Balaban J connectivity index is 2.18. The van der Waals surface area contributed by atoms with Crippen LogP contribution in [-0.2, 0) is 0 Å². The molecule has 104 valence electrons. The van der Waals surface area contributed by atoms with Gasteiger partial charge in [0, 0.05) is 11.1 Å². The number of carbonyl (C=O) groups is 1. The fourth-order valence-corrected chi connectivity index (χ4v) is 1.88. The van der Waals surface area contributed by atoms with Crippen LogP contribution in [0.15, 0.2) is 42.5 Å². The predicted molar refractivity (Wildman–Crippen MR) is 76.8 cm³/mol. The van der Waals surface area contributed by atoms with Gasteiger partial charge in [-0.1, -0.05) is 6.92 Å². The molecule has 0 saturated carbocycles. The van der Waals surface area contributed by atoms with Crippen molar-refractivity contribution >= 4 is 5.78 Å². The third-order valence-corrected chi connectivity index (χ3v) is 3.01. The summed E-state index contributed by atoms with van der Waals surface area (Å²) in [5.74, 6) is 0.332. The number of ketones is 1. The first-order valence-electron chi connectivity index (χ1n) is 6.65. The molecule has 0 aliphatic heterocycles. The van der Waals surface area contributed by atoms with Crippen LogP contribution in [0.5, 0.6) is 5.75 Å². The molecule has 0 atom stereocenters. The van der Waals surface area contributed by atoms with Gasteiger partial charge in [0.2, 0.25) is 0 Å². The van der Waals surface area contributed by atoms with Crippen LogP contribution in [0.1, 0.15) is 34.8 Å². The Morgan fingerprint density at radius 3 is 2.35 bits per heavy atom. The molecular formula is C17H17FO2. The molecule has 2 nitrogen and oxygen atoms in total. The third-order valence-electron chi connectivity index (χ3n) is 3.01. The number of rotatable bonds is 5. The highest BCUT2D eigenvalue weighted by Crippen LogP contribution is 2.17. The van der Waals surface area contributed by atoms with Crippen LogP contribution in [0, 0.1) is 12.7 Å². The van der Waals surface area contributed by atoms with Gasteiger partial charge in [-0.25, -0.2) is 4.39 Å². The molecule has 0 bridgehead atoms. The molecule has 0 saturated heterocycles. The van der Waals surface area contributed by atoms with Crippen molar-refractivity contribution in [2.24, 2.45) is 0 Å². The van der Waals surface area contributed by atoms with Gasteiger partial charge in [0.25, 0.3) is 0 Å². The topological polar surface area (TPSA) is 26.3 Å². The Morgan fingerprint density at radius 1 is 1.10 bits per heavy atom. The number of benzene rings is 2. The van der Waals surface area contributed by atoms with E-state index in [-0.39, 0.29) is 11.6 Å². The first kappa shape index (κ1) is 14.3. The van der Waals surface area contributed by atoms with Crippen molar-refractivity contribution in [1.29, 1.82) is 0 Å². The van der Waals surface area contributed by atoms with Crippen molar-refractivity contribution in [2.75, 3.05) is 6.61 Å². The summed E-state index contributed by atoms with van der Waals surface area (Å²) in [5, 5.41) is 0. The predicted octanol–water partition coefficient (Wildman–Crippen LogP) is 4.15. The molecule has 0 aliphatic rings. The van der Waals surface area contributed by atoms with E-state index in [0.717, 1.165) is 12.2 Å². The van der Waals surface area contributed by atoms with Gasteiger partial charge in [0.05, 0.1) is 6.61 Å². The number of halogens is 1. The first-order chi connectivity index (χ1) is 9.61. The van der Waals surface area contributed by atoms with E-state index in [9.17, 15) is 9.18 Å². The van der Waals surface area contributed by atoms with Gasteiger partial charge in [0.15, 0.2) is 5.78 Å². The number of aryl methyl sites for hydroxylation is 1. The van der Waals surface area contributed by atoms with Gasteiger partial charge in [-0.2, -0.15) is 0 Å². The lowest BCUT2D eigenvalue weighted by molar-refractivity contribution is 0.103. The van der Waals surface area contributed by atoms with E-state index in [0.29, 0.717) is 23.3 Å². The van der Waals surface area contributed by atoms with Gasteiger partial charge in [-0.3, -0.25) is 4.79 Å². The summed E-state index contributed by atoms with van der Waals surface area (Å²) in [4.78, 5) is 12.3. The molecule has 0 radical (unpaired) electrons. The van der Waals surface area contributed by atoms with Crippen LogP contribution in [0.4, 0.5) is 4.39 Å². The van der Waals surface area contributed by atoms with Gasteiger partial charge in [-0.05, 0) is 61.4 Å². The molecule has 2 aromatic rings. The number of carbonyl (C=O) groups excluding carboxylic acids is 1. The van der Waals surface area contributed by atoms with Crippen molar-refractivity contribution < 1.29 is 13.9 Å². The van der Waals surface area contributed by atoms with Crippen LogP contribution in [0.3, 0.4) is 0 Å². The molecule has 2 aromatic carbocycles. The Morgan fingerprint density at radius 2 is 1.75 bits per heavy atom. The van der Waals surface area contributed by atoms with E-state index in [2.05, 4.69) is 0 Å². The summed E-state index contributed by atoms with van der Waals surface area (Å²) in [7, 11) is 0. The second kappa shape index (κ2) is 6.33. The monoisotopic (exact) mass is 272 g/mol. The Bertz CT molecular complexity index is 603. The normalized spacial score (nSPS) is 10.3. The minimum Gasteiger partial charge on any atom is -0.494 e. The highest BCUT2D eigenvalue weighted by molar-refractivity contribution is 6.09. The summed E-state index contributed by atoms with van der Waals surface area (Å²) < 4.78 is 18.7. The lowest BCUT2D eigenvalue weighted by Crippen LogP contribution is -2.02. The summed E-state index contributed by atoms with van der Waals surface area (Å²) in [6, 6.07) is 11.4. The zero-order valence-corrected chi connectivity index (χ0v) is 11.7. The molecule has 0 N–H and O–H groups in total. The number of ether oxygens (including phenoxy) is 1. The Labute approximate surface area is 118 Å². The first-order valence-corrected chi connectivity index (χ1v) is 6.65. The molecule has 2 rings (SSSR count). The minimum atomic E-state index is -0.301. The maximum Gasteiger partial charge on any atom is 0.193 e. The van der Waals surface area contributed by atoms with Gasteiger partial charge in [-0.15, -0.1) is 0 Å². The molecule has 3 heteroatoms. The van der Waals surface area contributed by atoms with Crippen molar-refractivity contribution in [3.8, 4) is 5.75 Å². The highest BCUT2D eigenvalue weighted by atomic mass is 19.1. The SMILES string of the molecule is CCCOc1ccc(C(=O)c2ccc(F)c(C)c2)cc1. The lowest BCUT2D eigenvalue weighted by Gasteiger charge is -2.06. The second-order valence-electron chi connectivity index (χ2n) is 4.67. The average molecular weight is 272 g/mol. The molecule has 0 heterocycles. The van der Waals surface area contributed by atoms with Crippen molar-refractivity contribution in [1.82, 2.24) is 0 Å². The zero-order chi connectivity index (χ0) is 14.5. The maximum atomic E-state index is 13.2. The van der Waals surface area contributed by atoms with E-state index in [1.54, 1.807) is 37.3 Å². The minimum absolute atomic E-state index is 0.116. The largest absolute Gasteiger partial charge is 0.494 e. The quantitative estimate of drug-likeness (QED) is 0.764. The van der Waals surface area contributed by atoms with E-state index < -0.39 is 0 Å². The molecule has 20 heavy (non-hydrogen) atoms. The van der Waals surface area contributed by atoms with Crippen LogP contribution in [-0.4, -0.2) is 12.4 Å². The van der Waals surface area contributed by atoms with E-state index >= 15 is 0 Å². The number of hydrogen-bond donors (Lipinski definition) is 0. The Hall–Kier alpha value is -2.16. The molecule has 0 aromatic heterocycles. The lowest BCUT2D eigenvalue weighted by atomic mass is 10.0. The smallest absolute Gasteiger partial charge is 0.193 e. The second-order valence-corrected chi connectivity index (χ2v) is 4.67. The fourth-order valence-electron chi connectivity index (χ4n) is 1.88. The van der Waals surface area contributed by atoms with E-state index in [1.165, 1.54) is 12.1 Å². The summed E-state index contributed by atoms with van der Waals surface area (Å²) in [6.45, 7) is 4.34. The zero-order valence-electron chi connectivity index (χ0n) is 11.7. The molecule has 0 spiro atoms. The summed E-state index contributed by atoms with van der Waals surface area (Å²) in [6.07, 6.45) is 0.940. The summed E-state index contributed by atoms with van der Waals surface area (Å²) in [5.41, 5.74) is 1.53. The standard InChI is InChI=1S/C17H17FO2/c1-3-10-20-15-7-4-13(5-8-15)17(19)14-6-9-16(18)12(2)11-14/h4-9,11H,3,10H2,1-2H3. The molecule has 0 amide bonds. The third kappa shape index (κ3) is 3.23. The molecule has 0 unspecified atom stereocenters. The van der Waals surface area contributed by atoms with Crippen LogP contribution in [0.2, 0.25) is 0 Å². The van der Waals surface area contributed by atoms with E-state index in [1.807, 2.05) is 6.92 Å². The van der Waals surface area contributed by atoms with Gasteiger partial charge >= 0.3 is 0 Å². The van der Waals surface area contributed by atoms with Crippen molar-refractivity contribution in [3.05, 3.63) is 65.0 Å². The van der Waals surface area contributed by atoms with Crippen molar-refractivity contribution in [2.45, 2.75) is 20.3 Å². The van der Waals surface area contributed by atoms with Crippen molar-refractivity contribution in [3.63, 3.8) is 0 Å². The van der Waals surface area contributed by atoms with Crippen LogP contribution >= 0.6 is 0 Å². The number of hydrogen-bond acceptors (Lipinski definition) is 2. The summed E-state index contributed by atoms with van der Waals surface area (Å²) >= 11 is 0. The molecule has 0 fully saturated rings. The highest BCUT2D eigenvalue weighted by Gasteiger charge is 2.10. The van der Waals surface area contributed by atoms with Crippen LogP contribution < -0.4 is 4.74 Å². The van der Waals surface area contributed by atoms with Gasteiger partial charge < -0.3 is 4.74 Å². The molecule has 0 aliphatic carbocycles. The maximum absolute atomic E-state index is 13.2. The molecular weight excluding hydrogens is 255 g/mol. The fraction of sp³-hybridized carbons (Fsp3) is 0.235. The Kier molecular flexibility index (Phi) is 4.51. The average Bonchev–Trinajstić information content (AvgIpc) is 2.48.